The van der Waals surface area contributed by atoms with Crippen LogP contribution >= 0.6 is 11.6 Å². The summed E-state index contributed by atoms with van der Waals surface area (Å²) in [5, 5.41) is 5.48. The second-order valence-corrected chi connectivity index (χ2v) is 5.31. The summed E-state index contributed by atoms with van der Waals surface area (Å²) in [7, 11) is 0. The molecule has 0 atom stereocenters. The lowest BCUT2D eigenvalue weighted by atomic mass is 9.97. The molecule has 0 spiro atoms. The summed E-state index contributed by atoms with van der Waals surface area (Å²) in [4.78, 5) is 3.49. The van der Waals surface area contributed by atoms with Gasteiger partial charge in [-0.15, -0.1) is 0 Å². The molecule has 0 unspecified atom stereocenters. The molecule has 94 valence electrons. The zero-order valence-corrected chi connectivity index (χ0v) is 11.5. The van der Waals surface area contributed by atoms with Crippen LogP contribution in [0.15, 0.2) is 18.2 Å². The lowest BCUT2D eigenvalue weighted by Gasteiger charge is -2.14. The smallest absolute Gasteiger partial charge is 0.0507 e. The van der Waals surface area contributed by atoms with Crippen molar-refractivity contribution in [3.63, 3.8) is 0 Å². The fourth-order valence-corrected chi connectivity index (χ4v) is 2.93. The first kappa shape index (κ1) is 11.8. The van der Waals surface area contributed by atoms with Gasteiger partial charge in [0.05, 0.1) is 5.52 Å². The van der Waals surface area contributed by atoms with Crippen LogP contribution < -0.4 is 5.32 Å². The van der Waals surface area contributed by atoms with Crippen LogP contribution in [-0.4, -0.2) is 18.1 Å². The largest absolute Gasteiger partial charge is 0.358 e. The first-order valence-corrected chi connectivity index (χ1v) is 6.74. The third kappa shape index (κ3) is 1.76. The predicted octanol–water partition coefficient (Wildman–Crippen LogP) is 3.81. The number of hydrogen-bond acceptors (Lipinski definition) is 1. The molecule has 0 bridgehead atoms. The van der Waals surface area contributed by atoms with Gasteiger partial charge in [0, 0.05) is 28.2 Å². The fourth-order valence-electron chi connectivity index (χ4n) is 2.77. The second-order valence-electron chi connectivity index (χ2n) is 4.90. The van der Waals surface area contributed by atoms with E-state index >= 15 is 0 Å². The monoisotopic (exact) mass is 260 g/mol. The van der Waals surface area contributed by atoms with E-state index in [1.54, 1.807) is 0 Å². The van der Waals surface area contributed by atoms with E-state index in [0.717, 1.165) is 30.1 Å². The first-order chi connectivity index (χ1) is 8.68. The number of rotatable bonds is 1. The summed E-state index contributed by atoms with van der Waals surface area (Å²) < 4.78 is 0. The van der Waals surface area contributed by atoms with Crippen LogP contribution in [0, 0.1) is 13.8 Å². The minimum absolute atomic E-state index is 0.828. The summed E-state index contributed by atoms with van der Waals surface area (Å²) >= 11 is 6.19. The number of benzene rings is 1. The van der Waals surface area contributed by atoms with Crippen LogP contribution in [-0.2, 0) is 0 Å². The third-order valence-electron chi connectivity index (χ3n) is 3.74. The molecule has 0 amide bonds. The van der Waals surface area contributed by atoms with Gasteiger partial charge in [-0.3, -0.25) is 0 Å². The maximum absolute atomic E-state index is 6.19. The highest BCUT2D eigenvalue weighted by molar-refractivity contribution is 6.32. The Morgan fingerprint density at radius 1 is 1.22 bits per heavy atom. The SMILES string of the molecule is Cc1[nH]c2c(C)c(Cl)ccc2c1C1=CCNCC1. The van der Waals surface area contributed by atoms with Crippen LogP contribution in [0.4, 0.5) is 0 Å². The molecule has 2 N–H and O–H groups in total. The van der Waals surface area contributed by atoms with E-state index in [1.165, 1.54) is 27.7 Å². The van der Waals surface area contributed by atoms with Gasteiger partial charge in [0.2, 0.25) is 0 Å². The molecule has 3 rings (SSSR count). The molecule has 1 aromatic carbocycles. The predicted molar refractivity (Wildman–Crippen MR) is 78.2 cm³/mol. The molecule has 1 aromatic heterocycles. The van der Waals surface area contributed by atoms with E-state index in [2.05, 4.69) is 36.3 Å². The van der Waals surface area contributed by atoms with Gasteiger partial charge >= 0.3 is 0 Å². The van der Waals surface area contributed by atoms with Gasteiger partial charge in [-0.1, -0.05) is 23.7 Å². The topological polar surface area (TPSA) is 27.8 Å². The van der Waals surface area contributed by atoms with Gasteiger partial charge in [-0.2, -0.15) is 0 Å². The van der Waals surface area contributed by atoms with E-state index in [1.807, 2.05) is 6.07 Å². The van der Waals surface area contributed by atoms with E-state index in [4.69, 9.17) is 11.6 Å². The normalized spacial score (nSPS) is 16.1. The Balaban J connectivity index is 2.26. The zero-order valence-electron chi connectivity index (χ0n) is 10.7. The molecule has 2 aromatic rings. The van der Waals surface area contributed by atoms with Crippen molar-refractivity contribution in [2.75, 3.05) is 13.1 Å². The third-order valence-corrected chi connectivity index (χ3v) is 4.15. The Morgan fingerprint density at radius 3 is 2.78 bits per heavy atom. The quantitative estimate of drug-likeness (QED) is 0.802. The van der Waals surface area contributed by atoms with Crippen molar-refractivity contribution in [1.29, 1.82) is 0 Å². The van der Waals surface area contributed by atoms with E-state index in [0.29, 0.717) is 0 Å². The van der Waals surface area contributed by atoms with Crippen LogP contribution in [0.1, 0.15) is 23.2 Å². The molecular formula is C15H17ClN2. The molecule has 0 radical (unpaired) electrons. The second kappa shape index (κ2) is 4.45. The number of halogens is 1. The Hall–Kier alpha value is -1.25. The van der Waals surface area contributed by atoms with E-state index in [-0.39, 0.29) is 0 Å². The van der Waals surface area contributed by atoms with Gasteiger partial charge in [0.15, 0.2) is 0 Å². The Labute approximate surface area is 112 Å². The number of aryl methyl sites for hydroxylation is 2. The van der Waals surface area contributed by atoms with Crippen molar-refractivity contribution in [3.8, 4) is 0 Å². The van der Waals surface area contributed by atoms with Crippen molar-refractivity contribution >= 4 is 28.1 Å². The van der Waals surface area contributed by atoms with Gasteiger partial charge in [0.25, 0.3) is 0 Å². The number of fused-ring (bicyclic) bond motifs is 1. The molecule has 1 aliphatic heterocycles. The standard InChI is InChI=1S/C15H17ClN2/c1-9-13(16)4-3-12-14(10(2)18-15(9)12)11-5-7-17-8-6-11/h3-5,17-18H,6-8H2,1-2H3. The highest BCUT2D eigenvalue weighted by Gasteiger charge is 2.16. The van der Waals surface area contributed by atoms with Crippen molar-refractivity contribution in [1.82, 2.24) is 10.3 Å². The minimum Gasteiger partial charge on any atom is -0.358 e. The number of nitrogens with one attached hydrogen (secondary N) is 2. The average molecular weight is 261 g/mol. The average Bonchev–Trinajstić information content (AvgIpc) is 2.72. The van der Waals surface area contributed by atoms with Gasteiger partial charge < -0.3 is 10.3 Å². The number of aromatic nitrogens is 1. The molecule has 2 heterocycles. The van der Waals surface area contributed by atoms with Gasteiger partial charge in [-0.25, -0.2) is 0 Å². The zero-order chi connectivity index (χ0) is 12.7. The summed E-state index contributed by atoms with van der Waals surface area (Å²) in [6.45, 7) is 6.24. The van der Waals surface area contributed by atoms with Crippen molar-refractivity contribution in [2.45, 2.75) is 20.3 Å². The van der Waals surface area contributed by atoms with Crippen molar-refractivity contribution in [2.24, 2.45) is 0 Å². The van der Waals surface area contributed by atoms with E-state index < -0.39 is 0 Å². The molecule has 0 aliphatic carbocycles. The van der Waals surface area contributed by atoms with Crippen LogP contribution in [0.3, 0.4) is 0 Å². The maximum Gasteiger partial charge on any atom is 0.0507 e. The molecule has 0 saturated carbocycles. The number of aromatic amines is 1. The number of H-pyrrole nitrogens is 1. The molecule has 2 nitrogen and oxygen atoms in total. The van der Waals surface area contributed by atoms with Crippen molar-refractivity contribution < 1.29 is 0 Å². The Morgan fingerprint density at radius 2 is 2.06 bits per heavy atom. The number of hydrogen-bond donors (Lipinski definition) is 2. The van der Waals surface area contributed by atoms with Gasteiger partial charge in [0.1, 0.15) is 0 Å². The fraction of sp³-hybridized carbons (Fsp3) is 0.333. The summed E-state index contributed by atoms with van der Waals surface area (Å²) in [5.74, 6) is 0. The first-order valence-electron chi connectivity index (χ1n) is 6.36. The van der Waals surface area contributed by atoms with E-state index in [9.17, 15) is 0 Å². The molecule has 1 aliphatic rings. The molecule has 18 heavy (non-hydrogen) atoms. The van der Waals surface area contributed by atoms with Crippen molar-refractivity contribution in [3.05, 3.63) is 40.1 Å². The molecule has 3 heteroatoms. The Bertz CT molecular complexity index is 637. The lowest BCUT2D eigenvalue weighted by Crippen LogP contribution is -2.20. The summed E-state index contributed by atoms with van der Waals surface area (Å²) in [5.41, 5.74) is 6.36. The molecular weight excluding hydrogens is 244 g/mol. The minimum atomic E-state index is 0.828. The summed E-state index contributed by atoms with van der Waals surface area (Å²) in [6, 6.07) is 4.13. The molecule has 0 fully saturated rings. The highest BCUT2D eigenvalue weighted by atomic mass is 35.5. The van der Waals surface area contributed by atoms with Crippen LogP contribution in [0.2, 0.25) is 5.02 Å². The lowest BCUT2D eigenvalue weighted by molar-refractivity contribution is 0.738. The maximum atomic E-state index is 6.19. The Kier molecular flexibility index (Phi) is 2.92. The molecule has 0 saturated heterocycles. The van der Waals surface area contributed by atoms with Crippen LogP contribution in [0.25, 0.3) is 16.5 Å². The summed E-state index contributed by atoms with van der Waals surface area (Å²) in [6.07, 6.45) is 3.39. The highest BCUT2D eigenvalue weighted by Crippen LogP contribution is 2.34. The van der Waals surface area contributed by atoms with Crippen LogP contribution in [0.5, 0.6) is 0 Å². The van der Waals surface area contributed by atoms with Gasteiger partial charge in [-0.05, 0) is 44.0 Å².